The van der Waals surface area contributed by atoms with Crippen LogP contribution in [0, 0.1) is 5.92 Å². The van der Waals surface area contributed by atoms with Crippen molar-refractivity contribution in [1.29, 1.82) is 0 Å². The zero-order valence-electron chi connectivity index (χ0n) is 10.7. The van der Waals surface area contributed by atoms with E-state index in [0.717, 1.165) is 25.9 Å². The number of hydrogen-bond donors (Lipinski definition) is 2. The molecule has 0 radical (unpaired) electrons. The predicted octanol–water partition coefficient (Wildman–Crippen LogP) is 1.91. The molecule has 0 bridgehead atoms. The number of aromatic hydroxyl groups is 1. The number of phenolic OH excluding ortho intramolecular Hbond substituents is 1. The van der Waals surface area contributed by atoms with Gasteiger partial charge in [0, 0.05) is 12.6 Å². The van der Waals surface area contributed by atoms with E-state index in [1.54, 1.807) is 0 Å². The molecule has 2 rings (SSSR count). The van der Waals surface area contributed by atoms with Crippen molar-refractivity contribution < 1.29 is 5.11 Å². The Bertz CT molecular complexity index is 392. The van der Waals surface area contributed by atoms with Gasteiger partial charge in [-0.3, -0.25) is 4.90 Å². The van der Waals surface area contributed by atoms with Gasteiger partial charge in [-0.15, -0.1) is 0 Å². The highest BCUT2D eigenvalue weighted by molar-refractivity contribution is 5.35. The van der Waals surface area contributed by atoms with E-state index in [0.29, 0.717) is 17.7 Å². The number of phenols is 1. The SMILES string of the molecule is CCc1cc(O)cc(C2CC(CN)CN2C)c1. The molecule has 0 saturated carbocycles. The molecule has 3 N–H and O–H groups in total. The second-order valence-electron chi connectivity index (χ2n) is 5.08. The highest BCUT2D eigenvalue weighted by Crippen LogP contribution is 2.35. The van der Waals surface area contributed by atoms with Crippen LogP contribution < -0.4 is 5.73 Å². The van der Waals surface area contributed by atoms with E-state index >= 15 is 0 Å². The minimum absolute atomic E-state index is 0.379. The van der Waals surface area contributed by atoms with Crippen LogP contribution in [0.5, 0.6) is 5.75 Å². The monoisotopic (exact) mass is 234 g/mol. The summed E-state index contributed by atoms with van der Waals surface area (Å²) in [7, 11) is 2.13. The van der Waals surface area contributed by atoms with Gasteiger partial charge in [-0.25, -0.2) is 0 Å². The molecular formula is C14H22N2O. The predicted molar refractivity (Wildman–Crippen MR) is 70.0 cm³/mol. The second-order valence-corrected chi connectivity index (χ2v) is 5.08. The van der Waals surface area contributed by atoms with Crippen LogP contribution in [0.1, 0.15) is 30.5 Å². The van der Waals surface area contributed by atoms with Crippen LogP contribution in [0.25, 0.3) is 0 Å². The van der Waals surface area contributed by atoms with Crippen LogP contribution in [-0.2, 0) is 6.42 Å². The van der Waals surface area contributed by atoms with E-state index in [1.165, 1.54) is 11.1 Å². The van der Waals surface area contributed by atoms with Crippen molar-refractivity contribution in [2.24, 2.45) is 11.7 Å². The van der Waals surface area contributed by atoms with Gasteiger partial charge in [0.2, 0.25) is 0 Å². The summed E-state index contributed by atoms with van der Waals surface area (Å²) in [5, 5.41) is 9.75. The zero-order valence-corrected chi connectivity index (χ0v) is 10.7. The maximum absolute atomic E-state index is 9.75. The Morgan fingerprint density at radius 3 is 2.76 bits per heavy atom. The van der Waals surface area contributed by atoms with Crippen LogP contribution in [0.2, 0.25) is 0 Å². The molecule has 0 spiro atoms. The zero-order chi connectivity index (χ0) is 12.4. The Labute approximate surface area is 103 Å². The first-order valence-electron chi connectivity index (χ1n) is 6.37. The van der Waals surface area contributed by atoms with Crippen LogP contribution in [0.3, 0.4) is 0 Å². The Hall–Kier alpha value is -1.06. The number of aryl methyl sites for hydroxylation is 1. The van der Waals surface area contributed by atoms with Gasteiger partial charge < -0.3 is 10.8 Å². The molecule has 1 heterocycles. The number of nitrogens with two attached hydrogens (primary N) is 1. The van der Waals surface area contributed by atoms with Gasteiger partial charge in [0.25, 0.3) is 0 Å². The Balaban J connectivity index is 2.24. The first-order valence-corrected chi connectivity index (χ1v) is 6.37. The molecule has 0 aromatic heterocycles. The largest absolute Gasteiger partial charge is 0.508 e. The minimum atomic E-state index is 0.379. The molecule has 1 aliphatic heterocycles. The van der Waals surface area contributed by atoms with Gasteiger partial charge >= 0.3 is 0 Å². The summed E-state index contributed by atoms with van der Waals surface area (Å²) >= 11 is 0. The third kappa shape index (κ3) is 2.61. The van der Waals surface area contributed by atoms with E-state index in [9.17, 15) is 5.11 Å². The topological polar surface area (TPSA) is 49.5 Å². The van der Waals surface area contributed by atoms with E-state index in [-0.39, 0.29) is 0 Å². The van der Waals surface area contributed by atoms with E-state index < -0.39 is 0 Å². The summed E-state index contributed by atoms with van der Waals surface area (Å²) in [6.45, 7) is 3.91. The lowest BCUT2D eigenvalue weighted by Crippen LogP contribution is -2.20. The molecule has 2 atom stereocenters. The third-order valence-electron chi connectivity index (χ3n) is 3.76. The molecule has 94 valence electrons. The smallest absolute Gasteiger partial charge is 0.116 e. The lowest BCUT2D eigenvalue weighted by atomic mass is 9.97. The minimum Gasteiger partial charge on any atom is -0.508 e. The summed E-state index contributed by atoms with van der Waals surface area (Å²) in [5.41, 5.74) is 8.17. The van der Waals surface area contributed by atoms with Crippen molar-refractivity contribution in [2.45, 2.75) is 25.8 Å². The lowest BCUT2D eigenvalue weighted by Gasteiger charge is -2.20. The Kier molecular flexibility index (Phi) is 3.69. The standard InChI is InChI=1S/C14H22N2O/c1-3-10-4-12(7-13(17)5-10)14-6-11(8-15)9-16(14)2/h4-5,7,11,14,17H,3,6,8-9,15H2,1-2H3. The maximum Gasteiger partial charge on any atom is 0.116 e. The van der Waals surface area contributed by atoms with Gasteiger partial charge in [0.1, 0.15) is 5.75 Å². The fraction of sp³-hybridized carbons (Fsp3) is 0.571. The van der Waals surface area contributed by atoms with E-state index in [1.807, 2.05) is 12.1 Å². The van der Waals surface area contributed by atoms with Crippen molar-refractivity contribution >= 4 is 0 Å². The summed E-state index contributed by atoms with van der Waals surface area (Å²) in [6, 6.07) is 6.35. The quantitative estimate of drug-likeness (QED) is 0.840. The highest BCUT2D eigenvalue weighted by Gasteiger charge is 2.29. The molecule has 1 fully saturated rings. The molecule has 3 nitrogen and oxygen atoms in total. The number of likely N-dealkylation sites (tertiary alicyclic amines) is 1. The molecule has 1 saturated heterocycles. The third-order valence-corrected chi connectivity index (χ3v) is 3.76. The van der Waals surface area contributed by atoms with Crippen molar-refractivity contribution in [3.05, 3.63) is 29.3 Å². The van der Waals surface area contributed by atoms with Crippen LogP contribution in [0.4, 0.5) is 0 Å². The normalized spacial score (nSPS) is 25.4. The Morgan fingerprint density at radius 1 is 1.41 bits per heavy atom. The number of rotatable bonds is 3. The maximum atomic E-state index is 9.75. The van der Waals surface area contributed by atoms with E-state index in [4.69, 9.17) is 5.73 Å². The van der Waals surface area contributed by atoms with Crippen molar-refractivity contribution in [3.63, 3.8) is 0 Å². The van der Waals surface area contributed by atoms with Gasteiger partial charge in [0.15, 0.2) is 0 Å². The van der Waals surface area contributed by atoms with Crippen molar-refractivity contribution in [3.8, 4) is 5.75 Å². The molecule has 17 heavy (non-hydrogen) atoms. The molecule has 3 heteroatoms. The molecule has 0 aliphatic carbocycles. The summed E-state index contributed by atoms with van der Waals surface area (Å²) in [4.78, 5) is 2.34. The average molecular weight is 234 g/mol. The van der Waals surface area contributed by atoms with Gasteiger partial charge in [0.05, 0.1) is 0 Å². The molecule has 1 aliphatic rings. The molecule has 1 aromatic rings. The fourth-order valence-electron chi connectivity index (χ4n) is 2.76. The first kappa shape index (κ1) is 12.4. The van der Waals surface area contributed by atoms with Crippen molar-refractivity contribution in [1.82, 2.24) is 4.90 Å². The first-order chi connectivity index (χ1) is 8.13. The lowest BCUT2D eigenvalue weighted by molar-refractivity contribution is 0.313. The summed E-state index contributed by atoms with van der Waals surface area (Å²) < 4.78 is 0. The molecular weight excluding hydrogens is 212 g/mol. The van der Waals surface area contributed by atoms with Gasteiger partial charge in [-0.2, -0.15) is 0 Å². The van der Waals surface area contributed by atoms with Crippen LogP contribution in [-0.4, -0.2) is 30.1 Å². The van der Waals surface area contributed by atoms with E-state index in [2.05, 4.69) is 24.9 Å². The number of benzene rings is 1. The van der Waals surface area contributed by atoms with Crippen molar-refractivity contribution in [2.75, 3.05) is 20.1 Å². The second kappa shape index (κ2) is 5.07. The molecule has 2 unspecified atom stereocenters. The number of hydrogen-bond acceptors (Lipinski definition) is 3. The van der Waals surface area contributed by atoms with Crippen LogP contribution in [0.15, 0.2) is 18.2 Å². The van der Waals surface area contributed by atoms with Crippen LogP contribution >= 0.6 is 0 Å². The average Bonchev–Trinajstić information content (AvgIpc) is 2.69. The Morgan fingerprint density at radius 2 is 2.18 bits per heavy atom. The molecule has 0 amide bonds. The highest BCUT2D eigenvalue weighted by atomic mass is 16.3. The van der Waals surface area contributed by atoms with Gasteiger partial charge in [-0.05, 0) is 55.6 Å². The number of nitrogens with zero attached hydrogens (tertiary/aromatic N) is 1. The van der Waals surface area contributed by atoms with Gasteiger partial charge in [-0.1, -0.05) is 13.0 Å². The molecule has 1 aromatic carbocycles. The summed E-state index contributed by atoms with van der Waals surface area (Å²) in [6.07, 6.45) is 2.05. The fourth-order valence-corrected chi connectivity index (χ4v) is 2.76. The summed E-state index contributed by atoms with van der Waals surface area (Å²) in [5.74, 6) is 0.960.